The van der Waals surface area contributed by atoms with Crippen LogP contribution in [0, 0.1) is 4.91 Å². The number of rotatable bonds is 3. The summed E-state index contributed by atoms with van der Waals surface area (Å²) in [7, 11) is 1.73. The molecule has 2 heterocycles. The van der Waals surface area contributed by atoms with Gasteiger partial charge in [0.15, 0.2) is 17.3 Å². The van der Waals surface area contributed by atoms with Crippen LogP contribution in [-0.4, -0.2) is 30.1 Å². The second-order valence-electron chi connectivity index (χ2n) is 4.14. The molecule has 1 aromatic rings. The average Bonchev–Trinajstić information content (AvgIpc) is 2.66. The van der Waals surface area contributed by atoms with Crippen molar-refractivity contribution in [3.8, 4) is 0 Å². The Labute approximate surface area is 100 Å². The largest absolute Gasteiger partial charge is 0.371 e. The molecule has 2 rings (SSSR count). The Balaban J connectivity index is 2.32. The van der Waals surface area contributed by atoms with Gasteiger partial charge in [0.2, 0.25) is 0 Å². The Morgan fingerprint density at radius 3 is 2.53 bits per heavy atom. The smallest absolute Gasteiger partial charge is 0.192 e. The first-order chi connectivity index (χ1) is 8.36. The molecule has 0 radical (unpaired) electrons. The summed E-state index contributed by atoms with van der Waals surface area (Å²) in [6.45, 7) is 1.87. The van der Waals surface area contributed by atoms with E-state index in [9.17, 15) is 4.91 Å². The Hall–Kier alpha value is -1.72. The normalized spacial score (nSPS) is 16.4. The third kappa shape index (κ3) is 2.51. The van der Waals surface area contributed by atoms with Gasteiger partial charge in [0.1, 0.15) is 6.33 Å². The molecule has 0 aromatic carbocycles. The lowest BCUT2D eigenvalue weighted by molar-refractivity contribution is 0.726. The molecule has 1 saturated heterocycles. The minimum absolute atomic E-state index is 0.317. The van der Waals surface area contributed by atoms with E-state index in [1.165, 1.54) is 19.2 Å². The van der Waals surface area contributed by atoms with Crippen molar-refractivity contribution in [1.29, 1.82) is 0 Å². The Kier molecular flexibility index (Phi) is 3.85. The molecule has 0 unspecified atom stereocenters. The van der Waals surface area contributed by atoms with E-state index in [2.05, 4.69) is 25.4 Å². The van der Waals surface area contributed by atoms with Crippen molar-refractivity contribution in [3.05, 3.63) is 11.2 Å². The molecule has 0 saturated carbocycles. The second kappa shape index (κ2) is 5.56. The molecule has 0 atom stereocenters. The van der Waals surface area contributed by atoms with Crippen molar-refractivity contribution in [2.75, 3.05) is 30.4 Å². The fourth-order valence-corrected chi connectivity index (χ4v) is 2.15. The number of nitroso groups, excluding NO2 is 1. The molecule has 6 heteroatoms. The topological polar surface area (TPSA) is 70.5 Å². The van der Waals surface area contributed by atoms with Crippen molar-refractivity contribution in [2.24, 2.45) is 5.18 Å². The number of nitrogens with zero attached hydrogens (tertiary/aromatic N) is 4. The van der Waals surface area contributed by atoms with Crippen LogP contribution in [0.15, 0.2) is 11.5 Å². The van der Waals surface area contributed by atoms with Crippen LogP contribution in [0.1, 0.15) is 25.7 Å². The van der Waals surface area contributed by atoms with E-state index in [-0.39, 0.29) is 0 Å². The fraction of sp³-hybridized carbons (Fsp3) is 0.636. The number of hydrogen-bond donors (Lipinski definition) is 1. The van der Waals surface area contributed by atoms with Crippen molar-refractivity contribution < 1.29 is 0 Å². The zero-order chi connectivity index (χ0) is 12.1. The molecule has 92 valence electrons. The van der Waals surface area contributed by atoms with E-state index in [1.54, 1.807) is 7.05 Å². The van der Waals surface area contributed by atoms with Gasteiger partial charge in [-0.3, -0.25) is 0 Å². The van der Waals surface area contributed by atoms with Crippen molar-refractivity contribution in [2.45, 2.75) is 25.7 Å². The van der Waals surface area contributed by atoms with Crippen molar-refractivity contribution in [3.63, 3.8) is 0 Å². The van der Waals surface area contributed by atoms with Crippen LogP contribution in [0.3, 0.4) is 0 Å². The summed E-state index contributed by atoms with van der Waals surface area (Å²) < 4.78 is 0. The summed E-state index contributed by atoms with van der Waals surface area (Å²) in [5.74, 6) is 1.15. The van der Waals surface area contributed by atoms with Gasteiger partial charge in [-0.2, -0.15) is 0 Å². The lowest BCUT2D eigenvalue weighted by atomic mass is 10.2. The third-order valence-electron chi connectivity index (χ3n) is 3.04. The maximum atomic E-state index is 10.9. The molecule has 1 aromatic heterocycles. The summed E-state index contributed by atoms with van der Waals surface area (Å²) in [6.07, 6.45) is 6.23. The van der Waals surface area contributed by atoms with E-state index in [4.69, 9.17) is 0 Å². The molecule has 0 bridgehead atoms. The molecular formula is C11H17N5O. The van der Waals surface area contributed by atoms with Crippen molar-refractivity contribution >= 4 is 17.3 Å². The molecule has 0 spiro atoms. The predicted molar refractivity (Wildman–Crippen MR) is 67.7 cm³/mol. The summed E-state index contributed by atoms with van der Waals surface area (Å²) in [5.41, 5.74) is 0.317. The minimum atomic E-state index is 0.317. The standard InChI is InChI=1S/C11H17N5O/c1-12-10-9(15-17)11(14-8-13-10)16-6-4-2-3-5-7-16/h8H,2-7H2,1H3,(H,12,13,14). The maximum absolute atomic E-state index is 10.9. The zero-order valence-electron chi connectivity index (χ0n) is 10.0. The minimum Gasteiger partial charge on any atom is -0.371 e. The predicted octanol–water partition coefficient (Wildman–Crippen LogP) is 2.30. The van der Waals surface area contributed by atoms with E-state index in [1.807, 2.05) is 0 Å². The number of aromatic nitrogens is 2. The van der Waals surface area contributed by atoms with Crippen molar-refractivity contribution in [1.82, 2.24) is 9.97 Å². The first kappa shape index (κ1) is 11.8. The highest BCUT2D eigenvalue weighted by atomic mass is 16.3. The summed E-state index contributed by atoms with van der Waals surface area (Å²) in [4.78, 5) is 21.3. The van der Waals surface area contributed by atoms with Gasteiger partial charge in [-0.15, -0.1) is 4.91 Å². The van der Waals surface area contributed by atoms with E-state index < -0.39 is 0 Å². The molecule has 1 fully saturated rings. The van der Waals surface area contributed by atoms with Crippen LogP contribution in [0.25, 0.3) is 0 Å². The number of anilines is 2. The molecule has 17 heavy (non-hydrogen) atoms. The number of hydrogen-bond acceptors (Lipinski definition) is 6. The molecule has 1 N–H and O–H groups in total. The van der Waals surface area contributed by atoms with Crippen LogP contribution in [-0.2, 0) is 0 Å². The molecule has 0 amide bonds. The highest BCUT2D eigenvalue weighted by Crippen LogP contribution is 2.32. The van der Waals surface area contributed by atoms with Gasteiger partial charge in [0.25, 0.3) is 0 Å². The first-order valence-electron chi connectivity index (χ1n) is 5.98. The van der Waals surface area contributed by atoms with Gasteiger partial charge in [-0.05, 0) is 18.0 Å². The van der Waals surface area contributed by atoms with Gasteiger partial charge in [-0.1, -0.05) is 12.8 Å². The van der Waals surface area contributed by atoms with Crippen LogP contribution in [0.4, 0.5) is 17.3 Å². The van der Waals surface area contributed by atoms with Gasteiger partial charge in [-0.25, -0.2) is 9.97 Å². The zero-order valence-corrected chi connectivity index (χ0v) is 10.0. The molecule has 1 aliphatic heterocycles. The van der Waals surface area contributed by atoms with Crippen LogP contribution >= 0.6 is 0 Å². The molecular weight excluding hydrogens is 218 g/mol. The summed E-state index contributed by atoms with van der Waals surface area (Å²) in [6, 6.07) is 0. The van der Waals surface area contributed by atoms with E-state index in [0.717, 1.165) is 25.9 Å². The molecule has 6 nitrogen and oxygen atoms in total. The van der Waals surface area contributed by atoms with Gasteiger partial charge >= 0.3 is 0 Å². The lowest BCUT2D eigenvalue weighted by Crippen LogP contribution is -2.25. The van der Waals surface area contributed by atoms with Gasteiger partial charge < -0.3 is 10.2 Å². The third-order valence-corrected chi connectivity index (χ3v) is 3.04. The van der Waals surface area contributed by atoms with Gasteiger partial charge in [0.05, 0.1) is 0 Å². The Morgan fingerprint density at radius 1 is 1.24 bits per heavy atom. The van der Waals surface area contributed by atoms with Crippen LogP contribution in [0.2, 0.25) is 0 Å². The quantitative estimate of drug-likeness (QED) is 0.814. The second-order valence-corrected chi connectivity index (χ2v) is 4.14. The first-order valence-corrected chi connectivity index (χ1v) is 5.98. The highest BCUT2D eigenvalue weighted by Gasteiger charge is 2.18. The Morgan fingerprint density at radius 2 is 1.94 bits per heavy atom. The molecule has 1 aliphatic rings. The summed E-state index contributed by atoms with van der Waals surface area (Å²) >= 11 is 0. The average molecular weight is 235 g/mol. The lowest BCUT2D eigenvalue weighted by Gasteiger charge is -2.22. The monoisotopic (exact) mass is 235 g/mol. The summed E-state index contributed by atoms with van der Waals surface area (Å²) in [5, 5.41) is 5.94. The van der Waals surface area contributed by atoms with Crippen LogP contribution < -0.4 is 10.2 Å². The molecule has 0 aliphatic carbocycles. The van der Waals surface area contributed by atoms with Gasteiger partial charge in [0, 0.05) is 20.1 Å². The SMILES string of the molecule is CNc1ncnc(N2CCCCCC2)c1N=O. The highest BCUT2D eigenvalue weighted by molar-refractivity contribution is 5.74. The Bertz CT molecular complexity index is 387. The number of nitrogens with one attached hydrogen (secondary N) is 1. The van der Waals surface area contributed by atoms with E-state index >= 15 is 0 Å². The van der Waals surface area contributed by atoms with Crippen LogP contribution in [0.5, 0.6) is 0 Å². The maximum Gasteiger partial charge on any atom is 0.192 e. The fourth-order valence-electron chi connectivity index (χ4n) is 2.15. The van der Waals surface area contributed by atoms with E-state index in [0.29, 0.717) is 17.3 Å².